The lowest BCUT2D eigenvalue weighted by Crippen LogP contribution is -2.39. The minimum Gasteiger partial charge on any atom is -0.345 e. The molecule has 4 heterocycles. The fourth-order valence-electron chi connectivity index (χ4n) is 5.94. The molecule has 0 spiro atoms. The van der Waals surface area contributed by atoms with Crippen molar-refractivity contribution < 1.29 is 0 Å². The zero-order valence-electron chi connectivity index (χ0n) is 18.0. The Labute approximate surface area is 186 Å². The molecular weight excluding hydrogens is 402 g/mol. The van der Waals surface area contributed by atoms with Gasteiger partial charge in [0.25, 0.3) is 0 Å². The van der Waals surface area contributed by atoms with Crippen LogP contribution in [0.1, 0.15) is 43.2 Å². The molecule has 3 aliphatic rings. The van der Waals surface area contributed by atoms with Gasteiger partial charge in [0, 0.05) is 33.9 Å². The van der Waals surface area contributed by atoms with E-state index in [0.717, 1.165) is 58.2 Å². The number of hydrogen-bond donors (Lipinski definition) is 1. The molecule has 1 N–H and O–H groups in total. The maximum Gasteiger partial charge on any atom is 0.162 e. The fraction of sp³-hybridized carbons (Fsp3) is 0.440. The highest BCUT2D eigenvalue weighted by atomic mass is 32.1. The first kappa shape index (κ1) is 19.1. The third-order valence-corrected chi connectivity index (χ3v) is 8.68. The second-order valence-corrected chi connectivity index (χ2v) is 10.7. The van der Waals surface area contributed by atoms with Gasteiger partial charge in [0.1, 0.15) is 12.0 Å². The minimum atomic E-state index is 0.736. The van der Waals surface area contributed by atoms with Crippen molar-refractivity contribution in [2.24, 2.45) is 23.7 Å². The molecule has 2 atom stereocenters. The highest BCUT2D eigenvalue weighted by Crippen LogP contribution is 2.49. The molecule has 6 heteroatoms. The first-order chi connectivity index (χ1) is 15.2. The van der Waals surface area contributed by atoms with Crippen molar-refractivity contribution >= 4 is 22.4 Å². The van der Waals surface area contributed by atoms with Crippen LogP contribution < -0.4 is 0 Å². The van der Waals surface area contributed by atoms with Crippen LogP contribution in [0.2, 0.25) is 0 Å². The van der Waals surface area contributed by atoms with E-state index in [1.165, 1.54) is 41.1 Å². The summed E-state index contributed by atoms with van der Waals surface area (Å²) in [5.41, 5.74) is 4.00. The molecule has 7 rings (SSSR count). The molecule has 3 fully saturated rings. The summed E-state index contributed by atoms with van der Waals surface area (Å²) >= 11 is 1.80. The van der Waals surface area contributed by atoms with E-state index in [1.54, 1.807) is 17.7 Å². The van der Waals surface area contributed by atoms with E-state index < -0.39 is 0 Å². The number of aryl methyl sites for hydroxylation is 1. The number of rotatable bonds is 4. The van der Waals surface area contributed by atoms with E-state index in [2.05, 4.69) is 47.0 Å². The number of H-pyrrole nitrogens is 1. The van der Waals surface area contributed by atoms with Gasteiger partial charge >= 0.3 is 0 Å². The normalized spacial score (nSPS) is 25.4. The third kappa shape index (κ3) is 3.37. The molecule has 0 radical (unpaired) electrons. The molecule has 0 aliphatic heterocycles. The smallest absolute Gasteiger partial charge is 0.162 e. The Morgan fingerprint density at radius 2 is 1.94 bits per heavy atom. The van der Waals surface area contributed by atoms with Gasteiger partial charge in [0.2, 0.25) is 0 Å². The van der Waals surface area contributed by atoms with Crippen LogP contribution in [0.25, 0.3) is 33.0 Å². The van der Waals surface area contributed by atoms with Crippen molar-refractivity contribution in [3.8, 4) is 22.0 Å². The van der Waals surface area contributed by atoms with Crippen LogP contribution in [0.5, 0.6) is 0 Å². The van der Waals surface area contributed by atoms with E-state index in [9.17, 15) is 0 Å². The van der Waals surface area contributed by atoms with Gasteiger partial charge in [-0.1, -0.05) is 6.92 Å². The van der Waals surface area contributed by atoms with Crippen molar-refractivity contribution in [2.45, 2.75) is 46.0 Å². The summed E-state index contributed by atoms with van der Waals surface area (Å²) in [5.74, 6) is 4.06. The SMILES string of the molecule is Cc1ccc(-c2cc(CC3C4CCC(CC4)C3C)nc(-c3c[nH]c4ncncc34)n2)s1. The Morgan fingerprint density at radius 1 is 1.10 bits per heavy atom. The van der Waals surface area contributed by atoms with Gasteiger partial charge in [-0.05, 0) is 80.9 Å². The molecule has 4 aromatic heterocycles. The summed E-state index contributed by atoms with van der Waals surface area (Å²) in [6, 6.07) is 6.58. The van der Waals surface area contributed by atoms with Gasteiger partial charge in [0.05, 0.1) is 10.6 Å². The van der Waals surface area contributed by atoms with Crippen molar-refractivity contribution in [1.29, 1.82) is 0 Å². The molecule has 4 aromatic rings. The first-order valence-corrected chi connectivity index (χ1v) is 12.2. The average molecular weight is 430 g/mol. The molecule has 5 nitrogen and oxygen atoms in total. The number of nitrogens with one attached hydrogen (secondary N) is 1. The molecule has 3 aliphatic carbocycles. The van der Waals surface area contributed by atoms with E-state index in [-0.39, 0.29) is 0 Å². The summed E-state index contributed by atoms with van der Waals surface area (Å²) in [5, 5.41) is 0.970. The van der Waals surface area contributed by atoms with Crippen molar-refractivity contribution in [3.05, 3.63) is 47.5 Å². The van der Waals surface area contributed by atoms with Gasteiger partial charge in [-0.2, -0.15) is 0 Å². The number of nitrogens with zero attached hydrogens (tertiary/aromatic N) is 4. The highest BCUT2D eigenvalue weighted by molar-refractivity contribution is 7.15. The van der Waals surface area contributed by atoms with Crippen LogP contribution in [0.4, 0.5) is 0 Å². The second kappa shape index (κ2) is 7.52. The lowest BCUT2D eigenvalue weighted by atomic mass is 9.58. The summed E-state index contributed by atoms with van der Waals surface area (Å²) < 4.78 is 0. The predicted molar refractivity (Wildman–Crippen MR) is 125 cm³/mol. The molecule has 0 saturated heterocycles. The Bertz CT molecular complexity index is 1230. The monoisotopic (exact) mass is 429 g/mol. The number of fused-ring (bicyclic) bond motifs is 4. The molecule has 0 amide bonds. The Hall–Kier alpha value is -2.60. The molecule has 2 bridgehead atoms. The zero-order valence-corrected chi connectivity index (χ0v) is 18.8. The van der Waals surface area contributed by atoms with Gasteiger partial charge in [-0.15, -0.1) is 11.3 Å². The fourth-order valence-corrected chi connectivity index (χ4v) is 6.77. The molecule has 2 unspecified atom stereocenters. The molecule has 158 valence electrons. The zero-order chi connectivity index (χ0) is 20.9. The standard InChI is InChI=1S/C25H27N5S/c1-14-3-8-23(31-14)22-10-18(9-19-15(2)16-4-6-17(19)7-5-16)29-25(30-22)21-12-27-24-20(21)11-26-13-28-24/h3,8,10-13,15-17,19H,4-7,9H2,1-2H3,(H,26,27,28). The van der Waals surface area contributed by atoms with E-state index in [0.29, 0.717) is 0 Å². The van der Waals surface area contributed by atoms with E-state index in [4.69, 9.17) is 9.97 Å². The summed E-state index contributed by atoms with van der Waals surface area (Å²) in [4.78, 5) is 24.4. The molecule has 31 heavy (non-hydrogen) atoms. The van der Waals surface area contributed by atoms with Crippen LogP contribution >= 0.6 is 11.3 Å². The van der Waals surface area contributed by atoms with E-state index >= 15 is 0 Å². The molecular formula is C25H27N5S. The minimum absolute atomic E-state index is 0.736. The maximum absolute atomic E-state index is 5.09. The van der Waals surface area contributed by atoms with Crippen LogP contribution in [0, 0.1) is 30.6 Å². The van der Waals surface area contributed by atoms with Gasteiger partial charge in [-0.3, -0.25) is 0 Å². The number of aromatic nitrogens is 5. The van der Waals surface area contributed by atoms with Crippen molar-refractivity contribution in [3.63, 3.8) is 0 Å². The first-order valence-electron chi connectivity index (χ1n) is 11.4. The summed E-state index contributed by atoms with van der Waals surface area (Å²) in [7, 11) is 0. The highest BCUT2D eigenvalue weighted by Gasteiger charge is 2.41. The van der Waals surface area contributed by atoms with Crippen molar-refractivity contribution in [2.75, 3.05) is 0 Å². The Balaban J connectivity index is 1.44. The number of aromatic amines is 1. The third-order valence-electron chi connectivity index (χ3n) is 7.65. The van der Waals surface area contributed by atoms with E-state index in [1.807, 2.05) is 12.4 Å². The maximum atomic E-state index is 5.09. The van der Waals surface area contributed by atoms with Crippen LogP contribution in [0.15, 0.2) is 36.9 Å². The quantitative estimate of drug-likeness (QED) is 0.428. The lowest BCUT2D eigenvalue weighted by Gasteiger charge is -2.47. The Kier molecular flexibility index (Phi) is 4.64. The topological polar surface area (TPSA) is 67.3 Å². The molecule has 3 saturated carbocycles. The summed E-state index contributed by atoms with van der Waals surface area (Å²) in [6.45, 7) is 4.62. The summed E-state index contributed by atoms with van der Waals surface area (Å²) in [6.07, 6.45) is 12.1. The number of thiophene rings is 1. The largest absolute Gasteiger partial charge is 0.345 e. The number of hydrogen-bond acceptors (Lipinski definition) is 5. The Morgan fingerprint density at radius 3 is 2.71 bits per heavy atom. The van der Waals surface area contributed by atoms with Crippen LogP contribution in [0.3, 0.4) is 0 Å². The van der Waals surface area contributed by atoms with Gasteiger partial charge in [0.15, 0.2) is 5.82 Å². The average Bonchev–Trinajstić information content (AvgIpc) is 3.43. The van der Waals surface area contributed by atoms with Gasteiger partial charge in [-0.25, -0.2) is 19.9 Å². The van der Waals surface area contributed by atoms with Gasteiger partial charge < -0.3 is 4.98 Å². The predicted octanol–water partition coefficient (Wildman–Crippen LogP) is 6.07. The second-order valence-electron chi connectivity index (χ2n) is 9.37. The van der Waals surface area contributed by atoms with Crippen molar-refractivity contribution in [1.82, 2.24) is 24.9 Å². The lowest BCUT2D eigenvalue weighted by molar-refractivity contribution is 0.0339. The molecule has 0 aromatic carbocycles. The van der Waals surface area contributed by atoms with Crippen LogP contribution in [-0.2, 0) is 6.42 Å². The van der Waals surface area contributed by atoms with Crippen LogP contribution in [-0.4, -0.2) is 24.9 Å².